The number of nitrogens with zero attached hydrogens (tertiary/aromatic N) is 1. The number of hydrogen-bond donors (Lipinski definition) is 0. The fourth-order valence-electron chi connectivity index (χ4n) is 4.77. The van der Waals surface area contributed by atoms with Crippen LogP contribution in [0.4, 0.5) is 0 Å². The molecule has 2 unspecified atom stereocenters. The predicted octanol–water partition coefficient (Wildman–Crippen LogP) is 1.76. The number of rotatable bonds is 1. The van der Waals surface area contributed by atoms with Crippen molar-refractivity contribution < 1.29 is 13.2 Å². The van der Waals surface area contributed by atoms with E-state index < -0.39 is 10.0 Å². The molecule has 1 saturated heterocycles. The fourth-order valence-corrected chi connectivity index (χ4v) is 7.39. The summed E-state index contributed by atoms with van der Waals surface area (Å²) < 4.78 is 25.9. The maximum Gasteiger partial charge on any atom is 0.238 e. The number of carbonyl (C=O) groups is 1. The summed E-state index contributed by atoms with van der Waals surface area (Å²) >= 11 is 0. The lowest BCUT2D eigenvalue weighted by Gasteiger charge is -2.37. The van der Waals surface area contributed by atoms with Crippen LogP contribution < -0.4 is 0 Å². The molecule has 3 aliphatic rings. The molecule has 1 aliphatic heterocycles. The van der Waals surface area contributed by atoms with E-state index in [-0.39, 0.29) is 35.0 Å². The minimum atomic E-state index is -3.39. The highest BCUT2D eigenvalue weighted by molar-refractivity contribution is 7.90. The molecule has 1 amide bonds. The first-order valence-electron chi connectivity index (χ1n) is 6.81. The van der Waals surface area contributed by atoms with Gasteiger partial charge in [-0.1, -0.05) is 20.8 Å². The monoisotopic (exact) mass is 271 g/mol. The van der Waals surface area contributed by atoms with Gasteiger partial charge in [-0.15, -0.1) is 0 Å². The average Bonchev–Trinajstić information content (AvgIpc) is 2.74. The van der Waals surface area contributed by atoms with Crippen molar-refractivity contribution in [3.8, 4) is 0 Å². The predicted molar refractivity (Wildman–Crippen MR) is 68.3 cm³/mol. The molecule has 2 bridgehead atoms. The van der Waals surface area contributed by atoms with Gasteiger partial charge in [0.05, 0.1) is 11.8 Å². The lowest BCUT2D eigenvalue weighted by Crippen LogP contribution is -2.43. The van der Waals surface area contributed by atoms with Gasteiger partial charge in [-0.05, 0) is 30.6 Å². The van der Waals surface area contributed by atoms with Gasteiger partial charge in [0.15, 0.2) is 0 Å². The lowest BCUT2D eigenvalue weighted by atomic mass is 9.69. The van der Waals surface area contributed by atoms with Crippen LogP contribution in [0.25, 0.3) is 0 Å². The molecule has 0 aromatic heterocycles. The van der Waals surface area contributed by atoms with Gasteiger partial charge in [0.2, 0.25) is 15.9 Å². The highest BCUT2D eigenvalue weighted by atomic mass is 32.2. The van der Waals surface area contributed by atoms with E-state index in [1.54, 1.807) is 6.92 Å². The summed E-state index contributed by atoms with van der Waals surface area (Å²) in [7, 11) is -3.39. The molecule has 2 saturated carbocycles. The van der Waals surface area contributed by atoms with Crippen molar-refractivity contribution in [2.45, 2.75) is 52.5 Å². The molecule has 1 heterocycles. The molecule has 5 heteroatoms. The summed E-state index contributed by atoms with van der Waals surface area (Å²) in [5.74, 6) is 0.533. The van der Waals surface area contributed by atoms with Crippen LogP contribution in [0.5, 0.6) is 0 Å². The number of hydrogen-bond acceptors (Lipinski definition) is 3. The summed E-state index contributed by atoms with van der Waals surface area (Å²) in [6, 6.07) is -0.0660. The summed E-state index contributed by atoms with van der Waals surface area (Å²) in [5.41, 5.74) is -0.130. The van der Waals surface area contributed by atoms with Crippen LogP contribution in [-0.4, -0.2) is 30.4 Å². The van der Waals surface area contributed by atoms with E-state index in [0.29, 0.717) is 5.92 Å². The number of sulfonamides is 1. The smallest absolute Gasteiger partial charge is 0.238 e. The molecule has 0 aromatic carbocycles. The molecule has 0 radical (unpaired) electrons. The lowest BCUT2D eigenvalue weighted by molar-refractivity contribution is -0.128. The van der Waals surface area contributed by atoms with E-state index in [1.165, 1.54) is 4.31 Å². The van der Waals surface area contributed by atoms with Gasteiger partial charge in [0.1, 0.15) is 0 Å². The zero-order chi connectivity index (χ0) is 13.3. The van der Waals surface area contributed by atoms with Gasteiger partial charge < -0.3 is 0 Å². The van der Waals surface area contributed by atoms with Crippen molar-refractivity contribution in [2.24, 2.45) is 16.7 Å². The van der Waals surface area contributed by atoms with E-state index in [0.717, 1.165) is 19.3 Å². The average molecular weight is 271 g/mol. The van der Waals surface area contributed by atoms with Gasteiger partial charge in [0.25, 0.3) is 0 Å². The van der Waals surface area contributed by atoms with Crippen LogP contribution in [0.15, 0.2) is 0 Å². The van der Waals surface area contributed by atoms with Crippen LogP contribution in [0.3, 0.4) is 0 Å². The molecule has 102 valence electrons. The Bertz CT molecular complexity index is 510. The molecule has 0 aromatic rings. The Labute approximate surface area is 109 Å². The number of carbonyl (C=O) groups excluding carboxylic acids is 1. The fraction of sp³-hybridized carbons (Fsp3) is 0.923. The van der Waals surface area contributed by atoms with E-state index >= 15 is 0 Å². The third-order valence-corrected chi connectivity index (χ3v) is 7.90. The summed E-state index contributed by atoms with van der Waals surface area (Å²) in [6.45, 7) is 6.13. The first-order valence-corrected chi connectivity index (χ1v) is 8.42. The van der Waals surface area contributed by atoms with Gasteiger partial charge in [-0.2, -0.15) is 0 Å². The zero-order valence-corrected chi connectivity index (χ0v) is 12.1. The molecule has 1 spiro atoms. The Morgan fingerprint density at radius 3 is 2.61 bits per heavy atom. The molecule has 18 heavy (non-hydrogen) atoms. The Morgan fingerprint density at radius 1 is 1.39 bits per heavy atom. The highest BCUT2D eigenvalue weighted by Gasteiger charge is 2.72. The van der Waals surface area contributed by atoms with Crippen LogP contribution in [-0.2, 0) is 14.8 Å². The standard InChI is InChI=1S/C13H21NO3S/c1-4-11(15)14-10-7-9-5-6-13(10,12(9,2)3)8-18(14,16)17/h9-10H,4-8H2,1-3H3/t9?,10-,13?/m1/s1. The maximum atomic E-state index is 12.4. The topological polar surface area (TPSA) is 54.5 Å². The molecular weight excluding hydrogens is 250 g/mol. The summed E-state index contributed by atoms with van der Waals surface area (Å²) in [4.78, 5) is 12.0. The molecule has 3 rings (SSSR count). The largest absolute Gasteiger partial charge is 0.274 e. The second-order valence-electron chi connectivity index (χ2n) is 6.66. The van der Waals surface area contributed by atoms with Crippen molar-refractivity contribution in [1.29, 1.82) is 0 Å². The van der Waals surface area contributed by atoms with E-state index in [1.807, 2.05) is 0 Å². The van der Waals surface area contributed by atoms with Crippen LogP contribution in [0.2, 0.25) is 0 Å². The molecule has 3 atom stereocenters. The molecular formula is C13H21NO3S. The maximum absolute atomic E-state index is 12.4. The first-order chi connectivity index (χ1) is 8.26. The Balaban J connectivity index is 2.11. The number of amides is 1. The van der Waals surface area contributed by atoms with E-state index in [2.05, 4.69) is 13.8 Å². The van der Waals surface area contributed by atoms with E-state index in [9.17, 15) is 13.2 Å². The highest BCUT2D eigenvalue weighted by Crippen LogP contribution is 2.69. The van der Waals surface area contributed by atoms with Crippen LogP contribution in [0, 0.1) is 16.7 Å². The second kappa shape index (κ2) is 3.30. The molecule has 0 N–H and O–H groups in total. The second-order valence-corrected chi connectivity index (χ2v) is 8.51. The van der Waals surface area contributed by atoms with Crippen molar-refractivity contribution in [1.82, 2.24) is 4.31 Å². The molecule has 4 nitrogen and oxygen atoms in total. The third-order valence-electron chi connectivity index (χ3n) is 5.96. The minimum absolute atomic E-state index is 0.0491. The van der Waals surface area contributed by atoms with Crippen molar-refractivity contribution in [2.75, 3.05) is 5.75 Å². The van der Waals surface area contributed by atoms with Gasteiger partial charge >= 0.3 is 0 Å². The van der Waals surface area contributed by atoms with Crippen molar-refractivity contribution in [3.05, 3.63) is 0 Å². The zero-order valence-electron chi connectivity index (χ0n) is 11.3. The quantitative estimate of drug-likeness (QED) is 0.730. The Hall–Kier alpha value is -0.580. The SMILES string of the molecule is CCC(=O)N1[C@@H]2CC3CCC2(CS1(=O)=O)C3(C)C. The molecule has 3 fully saturated rings. The van der Waals surface area contributed by atoms with Crippen molar-refractivity contribution >= 4 is 15.9 Å². The van der Waals surface area contributed by atoms with Gasteiger partial charge in [0, 0.05) is 11.8 Å². The van der Waals surface area contributed by atoms with Gasteiger partial charge in [-0.3, -0.25) is 4.79 Å². The Kier molecular flexibility index (Phi) is 2.28. The first kappa shape index (κ1) is 12.5. The van der Waals surface area contributed by atoms with E-state index in [4.69, 9.17) is 0 Å². The van der Waals surface area contributed by atoms with Crippen LogP contribution in [0.1, 0.15) is 46.5 Å². The number of fused-ring (bicyclic) bond motifs is 1. The minimum Gasteiger partial charge on any atom is -0.274 e. The summed E-state index contributed by atoms with van der Waals surface area (Å²) in [6.07, 6.45) is 3.23. The van der Waals surface area contributed by atoms with Crippen molar-refractivity contribution in [3.63, 3.8) is 0 Å². The van der Waals surface area contributed by atoms with Crippen LogP contribution >= 0.6 is 0 Å². The molecule has 2 aliphatic carbocycles. The third kappa shape index (κ3) is 1.17. The summed E-state index contributed by atoms with van der Waals surface area (Å²) in [5, 5.41) is 0. The normalized spacial score (nSPS) is 43.2. The van der Waals surface area contributed by atoms with Gasteiger partial charge in [-0.25, -0.2) is 12.7 Å². The Morgan fingerprint density at radius 2 is 2.06 bits per heavy atom.